The molecule has 0 unspecified atom stereocenters. The first-order valence-corrected chi connectivity index (χ1v) is 3.98. The summed E-state index contributed by atoms with van der Waals surface area (Å²) in [5.41, 5.74) is 0. The van der Waals surface area contributed by atoms with Crippen LogP contribution in [0.3, 0.4) is 0 Å². The first kappa shape index (κ1) is 8.12. The van der Waals surface area contributed by atoms with Gasteiger partial charge in [-0.25, -0.2) is 0 Å². The van der Waals surface area contributed by atoms with Crippen LogP contribution in [0.4, 0.5) is 0 Å². The normalized spacial score (nSPS) is 16.5. The lowest BCUT2D eigenvalue weighted by Crippen LogP contribution is -2.01. The van der Waals surface area contributed by atoms with E-state index in [1.54, 1.807) is 0 Å². The van der Waals surface area contributed by atoms with E-state index in [0.29, 0.717) is 0 Å². The Balaban J connectivity index is 2.51. The fourth-order valence-corrected chi connectivity index (χ4v) is 0.948. The lowest BCUT2D eigenvalue weighted by Gasteiger charge is -2.10. The third-order valence-electron chi connectivity index (χ3n) is 1.35. The van der Waals surface area contributed by atoms with Gasteiger partial charge in [-0.3, -0.25) is 0 Å². The molecule has 0 bridgehead atoms. The van der Waals surface area contributed by atoms with E-state index in [1.807, 2.05) is 38.2 Å². The van der Waals surface area contributed by atoms with E-state index in [4.69, 9.17) is 4.74 Å². The Hall–Kier alpha value is -0.980. The number of hydrogen-bond donors (Lipinski definition) is 0. The summed E-state index contributed by atoms with van der Waals surface area (Å²) in [5.74, 6) is 1.05. The Labute approximate surface area is 68.1 Å². The molecule has 0 fully saturated rings. The van der Waals surface area contributed by atoms with E-state index < -0.39 is 0 Å². The molecule has 11 heavy (non-hydrogen) atoms. The van der Waals surface area contributed by atoms with Gasteiger partial charge in [-0.1, -0.05) is 24.3 Å². The van der Waals surface area contributed by atoms with Gasteiger partial charge < -0.3 is 4.74 Å². The molecule has 0 N–H and O–H groups in total. The highest BCUT2D eigenvalue weighted by atomic mass is 16.5. The molecule has 1 nitrogen and oxygen atoms in total. The van der Waals surface area contributed by atoms with Gasteiger partial charge >= 0.3 is 0 Å². The molecule has 0 heterocycles. The van der Waals surface area contributed by atoms with Crippen LogP contribution in [-0.4, -0.2) is 6.10 Å². The maximum absolute atomic E-state index is 5.53. The summed E-state index contributed by atoms with van der Waals surface area (Å²) in [4.78, 5) is 0. The van der Waals surface area contributed by atoms with Crippen molar-refractivity contribution in [2.45, 2.75) is 26.4 Å². The monoisotopic (exact) mass is 150 g/mol. The Morgan fingerprint density at radius 3 is 2.82 bits per heavy atom. The van der Waals surface area contributed by atoms with Crippen molar-refractivity contribution < 1.29 is 4.74 Å². The second kappa shape index (κ2) is 4.02. The van der Waals surface area contributed by atoms with Crippen LogP contribution in [0, 0.1) is 0 Å². The second-order valence-corrected chi connectivity index (χ2v) is 2.82. The molecule has 0 atom stereocenters. The van der Waals surface area contributed by atoms with Gasteiger partial charge in [-0.2, -0.15) is 0 Å². The Bertz CT molecular complexity index is 197. The minimum atomic E-state index is 0.279. The maximum Gasteiger partial charge on any atom is 0.100 e. The zero-order valence-corrected chi connectivity index (χ0v) is 7.08. The molecule has 60 valence electrons. The van der Waals surface area contributed by atoms with E-state index in [2.05, 4.69) is 6.08 Å². The summed E-state index contributed by atoms with van der Waals surface area (Å²) >= 11 is 0. The Morgan fingerprint density at radius 1 is 1.27 bits per heavy atom. The SMILES string of the molecule is CC(C)OC1=CC=CC=CC1. The molecule has 1 aliphatic carbocycles. The summed E-state index contributed by atoms with van der Waals surface area (Å²) in [5, 5.41) is 0. The van der Waals surface area contributed by atoms with Crippen LogP contribution in [0.25, 0.3) is 0 Å². The van der Waals surface area contributed by atoms with Crippen molar-refractivity contribution in [3.8, 4) is 0 Å². The number of ether oxygens (including phenoxy) is 1. The molecule has 0 aromatic heterocycles. The van der Waals surface area contributed by atoms with E-state index in [-0.39, 0.29) is 6.10 Å². The van der Waals surface area contributed by atoms with E-state index >= 15 is 0 Å². The molecule has 0 spiro atoms. The first-order chi connectivity index (χ1) is 5.29. The highest BCUT2D eigenvalue weighted by Gasteiger charge is 1.98. The molecule has 0 aromatic carbocycles. The predicted octanol–water partition coefficient (Wildman–Crippen LogP) is 2.81. The van der Waals surface area contributed by atoms with Gasteiger partial charge in [0.25, 0.3) is 0 Å². The summed E-state index contributed by atoms with van der Waals surface area (Å²) < 4.78 is 5.53. The molecular weight excluding hydrogens is 136 g/mol. The fraction of sp³-hybridized carbons (Fsp3) is 0.400. The number of allylic oxidation sites excluding steroid dienone is 5. The minimum absolute atomic E-state index is 0.279. The first-order valence-electron chi connectivity index (χ1n) is 3.98. The van der Waals surface area contributed by atoms with Gasteiger partial charge in [0.05, 0.1) is 6.10 Å². The van der Waals surface area contributed by atoms with E-state index in [9.17, 15) is 0 Å². The maximum atomic E-state index is 5.53. The van der Waals surface area contributed by atoms with Crippen molar-refractivity contribution >= 4 is 0 Å². The quantitative estimate of drug-likeness (QED) is 0.588. The van der Waals surface area contributed by atoms with Crippen LogP contribution >= 0.6 is 0 Å². The van der Waals surface area contributed by atoms with Crippen molar-refractivity contribution in [2.24, 2.45) is 0 Å². The summed E-state index contributed by atoms with van der Waals surface area (Å²) in [7, 11) is 0. The molecule has 0 aliphatic heterocycles. The topological polar surface area (TPSA) is 9.23 Å². The molecule has 1 heteroatoms. The van der Waals surface area contributed by atoms with Crippen molar-refractivity contribution in [1.82, 2.24) is 0 Å². The molecular formula is C10H14O. The molecule has 1 rings (SSSR count). The largest absolute Gasteiger partial charge is 0.495 e. The van der Waals surface area contributed by atoms with Gasteiger partial charge in [0.2, 0.25) is 0 Å². The predicted molar refractivity (Wildman–Crippen MR) is 47.2 cm³/mol. The summed E-state index contributed by atoms with van der Waals surface area (Å²) in [6, 6.07) is 0. The molecule has 0 radical (unpaired) electrons. The van der Waals surface area contributed by atoms with Crippen LogP contribution in [0.1, 0.15) is 20.3 Å². The second-order valence-electron chi connectivity index (χ2n) is 2.82. The van der Waals surface area contributed by atoms with E-state index in [1.165, 1.54) is 0 Å². The molecule has 0 saturated heterocycles. The third kappa shape index (κ3) is 3.08. The average molecular weight is 150 g/mol. The average Bonchev–Trinajstić information content (AvgIpc) is 2.14. The van der Waals surface area contributed by atoms with Gasteiger partial charge in [0, 0.05) is 6.42 Å². The highest BCUT2D eigenvalue weighted by Crippen LogP contribution is 2.10. The minimum Gasteiger partial charge on any atom is -0.495 e. The van der Waals surface area contributed by atoms with Crippen LogP contribution < -0.4 is 0 Å². The van der Waals surface area contributed by atoms with Gasteiger partial charge in [-0.05, 0) is 19.9 Å². The zero-order chi connectivity index (χ0) is 8.10. The highest BCUT2D eigenvalue weighted by molar-refractivity contribution is 5.20. The summed E-state index contributed by atoms with van der Waals surface area (Å²) in [6.45, 7) is 4.08. The van der Waals surface area contributed by atoms with Crippen LogP contribution in [0.2, 0.25) is 0 Å². The molecule has 0 aromatic rings. The smallest absolute Gasteiger partial charge is 0.100 e. The van der Waals surface area contributed by atoms with Crippen LogP contribution in [-0.2, 0) is 4.74 Å². The molecule has 0 saturated carbocycles. The molecule has 0 amide bonds. The fourth-order valence-electron chi connectivity index (χ4n) is 0.948. The lowest BCUT2D eigenvalue weighted by molar-refractivity contribution is 0.144. The van der Waals surface area contributed by atoms with Gasteiger partial charge in [-0.15, -0.1) is 0 Å². The van der Waals surface area contributed by atoms with Crippen molar-refractivity contribution in [3.05, 3.63) is 36.1 Å². The molecule has 1 aliphatic rings. The Kier molecular flexibility index (Phi) is 2.96. The van der Waals surface area contributed by atoms with E-state index in [0.717, 1.165) is 12.2 Å². The summed E-state index contributed by atoms with van der Waals surface area (Å²) in [6.07, 6.45) is 11.3. The van der Waals surface area contributed by atoms with Crippen LogP contribution in [0.5, 0.6) is 0 Å². The van der Waals surface area contributed by atoms with Gasteiger partial charge in [0.1, 0.15) is 5.76 Å². The van der Waals surface area contributed by atoms with Crippen molar-refractivity contribution in [2.75, 3.05) is 0 Å². The Morgan fingerprint density at radius 2 is 2.09 bits per heavy atom. The van der Waals surface area contributed by atoms with Crippen molar-refractivity contribution in [1.29, 1.82) is 0 Å². The van der Waals surface area contributed by atoms with Crippen molar-refractivity contribution in [3.63, 3.8) is 0 Å². The standard InChI is InChI=1S/C10H14O/c1-9(2)11-10-7-5-3-4-6-8-10/h3-7,9H,8H2,1-2H3. The zero-order valence-electron chi connectivity index (χ0n) is 7.08. The lowest BCUT2D eigenvalue weighted by atomic mass is 10.3. The third-order valence-corrected chi connectivity index (χ3v) is 1.35. The number of rotatable bonds is 2. The number of hydrogen-bond acceptors (Lipinski definition) is 1. The van der Waals surface area contributed by atoms with Gasteiger partial charge in [0.15, 0.2) is 0 Å². The van der Waals surface area contributed by atoms with Crippen LogP contribution in [0.15, 0.2) is 36.1 Å².